The number of halogens is 2. The molecule has 0 amide bonds. The van der Waals surface area contributed by atoms with E-state index < -0.39 is 26.5 Å². The molecule has 27 heavy (non-hydrogen) atoms. The van der Waals surface area contributed by atoms with Gasteiger partial charge in [0, 0.05) is 12.5 Å². The first-order valence-electron chi connectivity index (χ1n) is 9.75. The molecule has 2 aromatic carbocycles. The third kappa shape index (κ3) is 3.74. The summed E-state index contributed by atoms with van der Waals surface area (Å²) in [6, 6.07) is 21.9. The van der Waals surface area contributed by atoms with Crippen molar-refractivity contribution in [3.63, 3.8) is 0 Å². The highest BCUT2D eigenvalue weighted by atomic mass is 28.3. The smallest absolute Gasteiger partial charge is 0.273 e. The van der Waals surface area contributed by atoms with Crippen molar-refractivity contribution in [2.45, 2.75) is 44.7 Å². The third-order valence-corrected chi connectivity index (χ3v) is 12.7. The summed E-state index contributed by atoms with van der Waals surface area (Å²) >= 11 is 0. The Morgan fingerprint density at radius 3 is 1.89 bits per heavy atom. The van der Waals surface area contributed by atoms with Crippen LogP contribution in [0.5, 0.6) is 0 Å². The van der Waals surface area contributed by atoms with E-state index in [1.54, 1.807) is 6.92 Å². The first-order chi connectivity index (χ1) is 12.7. The summed E-state index contributed by atoms with van der Waals surface area (Å²) < 4.78 is 34.2. The zero-order valence-corrected chi connectivity index (χ0v) is 17.7. The fourth-order valence-corrected chi connectivity index (χ4v) is 10.5. The molecule has 1 fully saturated rings. The van der Waals surface area contributed by atoms with Crippen molar-refractivity contribution in [1.82, 2.24) is 0 Å². The quantitative estimate of drug-likeness (QED) is 0.672. The van der Waals surface area contributed by atoms with Crippen LogP contribution in [0.3, 0.4) is 0 Å². The van der Waals surface area contributed by atoms with Gasteiger partial charge in [-0.2, -0.15) is 0 Å². The molecule has 146 valence electrons. The van der Waals surface area contributed by atoms with E-state index in [1.807, 2.05) is 12.1 Å². The van der Waals surface area contributed by atoms with Gasteiger partial charge in [0.15, 0.2) is 0 Å². The predicted octanol–water partition coefficient (Wildman–Crippen LogP) is 4.97. The van der Waals surface area contributed by atoms with E-state index in [2.05, 4.69) is 69.3 Å². The fraction of sp³-hybridized carbons (Fsp3) is 0.478. The maximum atomic E-state index is 14.4. The van der Waals surface area contributed by atoms with Gasteiger partial charge >= 0.3 is 0 Å². The lowest BCUT2D eigenvalue weighted by molar-refractivity contribution is -0.170. The van der Waals surface area contributed by atoms with Crippen LogP contribution >= 0.6 is 0 Å². The summed E-state index contributed by atoms with van der Waals surface area (Å²) in [6.07, 6.45) is 0. The molecular weight excluding hydrogens is 358 g/mol. The molecule has 4 heteroatoms. The number of hydrogen-bond donors (Lipinski definition) is 0. The third-order valence-electron chi connectivity index (χ3n) is 6.38. The van der Waals surface area contributed by atoms with Crippen LogP contribution in [0.25, 0.3) is 0 Å². The fourth-order valence-electron chi connectivity index (χ4n) is 4.62. The molecule has 0 saturated carbocycles. The molecule has 0 N–H and O–H groups in total. The molecule has 0 aromatic heterocycles. The molecule has 0 spiro atoms. The maximum absolute atomic E-state index is 14.4. The molecular formula is C23H30F2OSi. The van der Waals surface area contributed by atoms with Crippen molar-refractivity contribution in [3.8, 4) is 0 Å². The molecule has 2 aromatic rings. The number of alkyl halides is 2. The van der Waals surface area contributed by atoms with Gasteiger partial charge < -0.3 is 4.74 Å². The lowest BCUT2D eigenvalue weighted by Gasteiger charge is -2.48. The number of benzene rings is 2. The van der Waals surface area contributed by atoms with E-state index in [4.69, 9.17) is 4.74 Å². The van der Waals surface area contributed by atoms with Crippen LogP contribution in [0.2, 0.25) is 11.1 Å². The van der Waals surface area contributed by atoms with Gasteiger partial charge in [0.25, 0.3) is 5.92 Å². The average molecular weight is 389 g/mol. The molecule has 0 aliphatic carbocycles. The lowest BCUT2D eigenvalue weighted by Crippen LogP contribution is -2.66. The molecule has 2 atom stereocenters. The minimum atomic E-state index is -2.76. The zero-order valence-electron chi connectivity index (χ0n) is 16.7. The van der Waals surface area contributed by atoms with Crippen molar-refractivity contribution in [3.05, 3.63) is 60.7 Å². The Hall–Kier alpha value is -1.52. The molecule has 3 rings (SSSR count). The van der Waals surface area contributed by atoms with Crippen LogP contribution in [-0.4, -0.2) is 27.2 Å². The summed E-state index contributed by atoms with van der Waals surface area (Å²) in [5.41, 5.74) is 0. The molecule has 0 unspecified atom stereocenters. The topological polar surface area (TPSA) is 9.23 Å². The molecule has 1 nitrogen and oxygen atoms in total. The van der Waals surface area contributed by atoms with Crippen LogP contribution < -0.4 is 10.4 Å². The van der Waals surface area contributed by atoms with Crippen LogP contribution in [-0.2, 0) is 4.74 Å². The van der Waals surface area contributed by atoms with Gasteiger partial charge in [0.05, 0.1) is 0 Å². The molecule has 1 heterocycles. The zero-order chi connectivity index (χ0) is 19.7. The Kier molecular flexibility index (Phi) is 5.60. The van der Waals surface area contributed by atoms with E-state index in [0.717, 1.165) is 6.04 Å². The molecule has 1 saturated heterocycles. The standard InChI is InChI=1S/C23H30F2OSi/c1-18-19(15-26-17-23(18,24)25)16-27(22(2,3)4,20-11-7-5-8-12-20)21-13-9-6-10-14-21/h5-14,18-19H,15-17H2,1-4H3/t18-,19-/m1/s1. The summed E-state index contributed by atoms with van der Waals surface area (Å²) in [6.45, 7) is 8.47. The first kappa shape index (κ1) is 20.2. The highest BCUT2D eigenvalue weighted by Crippen LogP contribution is 2.45. The Labute approximate surface area is 162 Å². The van der Waals surface area contributed by atoms with Crippen molar-refractivity contribution >= 4 is 18.4 Å². The number of hydrogen-bond acceptors (Lipinski definition) is 1. The van der Waals surface area contributed by atoms with E-state index in [-0.39, 0.29) is 11.0 Å². The summed E-state index contributed by atoms with van der Waals surface area (Å²) in [4.78, 5) is 0. The van der Waals surface area contributed by atoms with E-state index in [9.17, 15) is 8.78 Å². The van der Waals surface area contributed by atoms with Crippen molar-refractivity contribution in [2.75, 3.05) is 13.2 Å². The van der Waals surface area contributed by atoms with Crippen LogP contribution in [0.1, 0.15) is 27.7 Å². The molecule has 0 radical (unpaired) electrons. The minimum Gasteiger partial charge on any atom is -0.375 e. The van der Waals surface area contributed by atoms with Gasteiger partial charge in [0.1, 0.15) is 14.7 Å². The predicted molar refractivity (Wildman–Crippen MR) is 111 cm³/mol. The van der Waals surface area contributed by atoms with Gasteiger partial charge in [-0.05, 0) is 17.0 Å². The second-order valence-electron chi connectivity index (χ2n) is 8.92. The van der Waals surface area contributed by atoms with Gasteiger partial charge in [-0.3, -0.25) is 0 Å². The van der Waals surface area contributed by atoms with Gasteiger partial charge in [-0.25, -0.2) is 8.78 Å². The monoisotopic (exact) mass is 388 g/mol. The van der Waals surface area contributed by atoms with Gasteiger partial charge in [-0.15, -0.1) is 0 Å². The molecule has 1 aliphatic heterocycles. The van der Waals surface area contributed by atoms with Gasteiger partial charge in [0.2, 0.25) is 0 Å². The summed E-state index contributed by atoms with van der Waals surface area (Å²) in [7, 11) is -2.35. The highest BCUT2D eigenvalue weighted by molar-refractivity contribution is 7.04. The summed E-state index contributed by atoms with van der Waals surface area (Å²) in [5, 5.41) is 2.59. The Balaban J connectivity index is 2.15. The second kappa shape index (κ2) is 7.48. The van der Waals surface area contributed by atoms with E-state index in [0.29, 0.717) is 6.61 Å². The van der Waals surface area contributed by atoms with E-state index >= 15 is 0 Å². The number of rotatable bonds is 4. The molecule has 0 bridgehead atoms. The van der Waals surface area contributed by atoms with Crippen molar-refractivity contribution < 1.29 is 13.5 Å². The number of ether oxygens (including phenoxy) is 1. The van der Waals surface area contributed by atoms with Crippen LogP contribution in [0.15, 0.2) is 60.7 Å². The average Bonchev–Trinajstić information content (AvgIpc) is 2.63. The normalized spacial score (nSPS) is 23.2. The van der Waals surface area contributed by atoms with E-state index in [1.165, 1.54) is 10.4 Å². The Morgan fingerprint density at radius 2 is 1.44 bits per heavy atom. The SMILES string of the molecule is C[C@@H]1[C@@H](C[Si](c2ccccc2)(c2ccccc2)C(C)(C)C)COCC1(F)F. The Bertz CT molecular complexity index is 700. The maximum Gasteiger partial charge on any atom is 0.273 e. The molecule has 1 aliphatic rings. The largest absolute Gasteiger partial charge is 0.375 e. The lowest BCUT2D eigenvalue weighted by atomic mass is 9.88. The van der Waals surface area contributed by atoms with Crippen molar-refractivity contribution in [2.24, 2.45) is 11.8 Å². The first-order valence-corrected chi connectivity index (χ1v) is 12.0. The van der Waals surface area contributed by atoms with Gasteiger partial charge in [-0.1, -0.05) is 98.7 Å². The highest BCUT2D eigenvalue weighted by Gasteiger charge is 2.53. The second-order valence-corrected chi connectivity index (χ2v) is 13.8. The minimum absolute atomic E-state index is 0.0256. The van der Waals surface area contributed by atoms with Crippen LogP contribution in [0, 0.1) is 11.8 Å². The summed E-state index contributed by atoms with van der Waals surface area (Å²) in [5.74, 6) is -3.58. The Morgan fingerprint density at radius 1 is 0.963 bits per heavy atom. The van der Waals surface area contributed by atoms with Crippen molar-refractivity contribution in [1.29, 1.82) is 0 Å². The van der Waals surface area contributed by atoms with Crippen LogP contribution in [0.4, 0.5) is 8.78 Å².